The van der Waals surface area contributed by atoms with Crippen LogP contribution in [0.4, 0.5) is 0 Å². The van der Waals surface area contributed by atoms with Crippen LogP contribution in [0, 0.1) is 11.8 Å². The summed E-state index contributed by atoms with van der Waals surface area (Å²) in [5, 5.41) is 0. The van der Waals surface area contributed by atoms with Gasteiger partial charge in [0.1, 0.15) is 0 Å². The molecule has 0 saturated heterocycles. The number of halogens is 1. The minimum absolute atomic E-state index is 0.245. The molecule has 1 aromatic rings. The quantitative estimate of drug-likeness (QED) is 0.458. The van der Waals surface area contributed by atoms with Gasteiger partial charge in [-0.15, -0.1) is 11.6 Å². The van der Waals surface area contributed by atoms with Crippen LogP contribution in [-0.4, -0.2) is 19.0 Å². The molecule has 1 rings (SSSR count). The molecule has 16 heavy (non-hydrogen) atoms. The van der Waals surface area contributed by atoms with E-state index in [1.807, 2.05) is 24.3 Å². The van der Waals surface area contributed by atoms with Crippen LogP contribution < -0.4 is 0 Å². The van der Waals surface area contributed by atoms with Gasteiger partial charge in [-0.25, -0.2) is 0 Å². The van der Waals surface area contributed by atoms with Gasteiger partial charge in [0, 0.05) is 17.9 Å². The predicted octanol–water partition coefficient (Wildman–Crippen LogP) is 2.38. The van der Waals surface area contributed by atoms with Crippen molar-refractivity contribution in [2.24, 2.45) is 0 Å². The zero-order chi connectivity index (χ0) is 11.8. The van der Waals surface area contributed by atoms with Gasteiger partial charge in [0.2, 0.25) is 0 Å². The summed E-state index contributed by atoms with van der Waals surface area (Å²) in [5.74, 6) is 6.23. The van der Waals surface area contributed by atoms with Gasteiger partial charge in [-0.05, 0) is 17.7 Å². The molecule has 1 aromatic carbocycles. The first-order valence-corrected chi connectivity index (χ1v) is 5.50. The molecule has 0 heterocycles. The van der Waals surface area contributed by atoms with E-state index < -0.39 is 0 Å². The van der Waals surface area contributed by atoms with Crippen LogP contribution in [0.25, 0.3) is 0 Å². The van der Waals surface area contributed by atoms with Crippen LogP contribution in [0.15, 0.2) is 24.3 Å². The predicted molar refractivity (Wildman–Crippen MR) is 64.4 cm³/mol. The lowest BCUT2D eigenvalue weighted by Crippen LogP contribution is -2.04. The van der Waals surface area contributed by atoms with Gasteiger partial charge in [-0.3, -0.25) is 4.79 Å². The molecular formula is C13H13ClO2. The van der Waals surface area contributed by atoms with Crippen LogP contribution in [-0.2, 0) is 16.0 Å². The highest BCUT2D eigenvalue weighted by atomic mass is 35.5. The molecule has 0 aromatic heterocycles. The third-order valence-electron chi connectivity index (χ3n) is 1.96. The van der Waals surface area contributed by atoms with Crippen LogP contribution in [0.3, 0.4) is 0 Å². The molecular weight excluding hydrogens is 224 g/mol. The summed E-state index contributed by atoms with van der Waals surface area (Å²) in [6.45, 7) is 0. The van der Waals surface area contributed by atoms with Gasteiger partial charge in [0.05, 0.1) is 13.5 Å². The Labute approximate surface area is 101 Å². The van der Waals surface area contributed by atoms with Gasteiger partial charge in [-0.1, -0.05) is 24.0 Å². The van der Waals surface area contributed by atoms with Gasteiger partial charge in [0.25, 0.3) is 0 Å². The van der Waals surface area contributed by atoms with Crippen molar-refractivity contribution >= 4 is 17.6 Å². The highest BCUT2D eigenvalue weighted by Crippen LogP contribution is 2.05. The maximum Gasteiger partial charge on any atom is 0.309 e. The third kappa shape index (κ3) is 4.37. The molecule has 0 aliphatic heterocycles. The van der Waals surface area contributed by atoms with Crippen molar-refractivity contribution in [3.63, 3.8) is 0 Å². The van der Waals surface area contributed by atoms with Crippen molar-refractivity contribution in [3.05, 3.63) is 35.4 Å². The Balaban J connectivity index is 2.72. The Kier molecular flexibility index (Phi) is 5.45. The van der Waals surface area contributed by atoms with Crippen molar-refractivity contribution in [2.45, 2.75) is 12.8 Å². The number of hydrogen-bond donors (Lipinski definition) is 0. The second-order valence-corrected chi connectivity index (χ2v) is 3.57. The summed E-state index contributed by atoms with van der Waals surface area (Å²) in [7, 11) is 1.38. The first kappa shape index (κ1) is 12.6. The number of carbonyl (C=O) groups is 1. The highest BCUT2D eigenvalue weighted by molar-refractivity contribution is 6.18. The van der Waals surface area contributed by atoms with Crippen molar-refractivity contribution < 1.29 is 9.53 Å². The molecule has 0 fully saturated rings. The van der Waals surface area contributed by atoms with Crippen molar-refractivity contribution in [3.8, 4) is 11.8 Å². The van der Waals surface area contributed by atoms with Crippen LogP contribution in [0.5, 0.6) is 0 Å². The molecule has 0 saturated carbocycles. The smallest absolute Gasteiger partial charge is 0.309 e. The monoisotopic (exact) mass is 236 g/mol. The van der Waals surface area contributed by atoms with E-state index in [0.717, 1.165) is 11.1 Å². The van der Waals surface area contributed by atoms with E-state index in [1.165, 1.54) is 7.11 Å². The second-order valence-electron chi connectivity index (χ2n) is 3.19. The summed E-state index contributed by atoms with van der Waals surface area (Å²) < 4.78 is 4.60. The molecule has 0 radical (unpaired) electrons. The number of methoxy groups -OCH3 is 1. The fourth-order valence-electron chi connectivity index (χ4n) is 1.21. The van der Waals surface area contributed by atoms with Crippen LogP contribution in [0.2, 0.25) is 0 Å². The molecule has 0 aliphatic carbocycles. The fraction of sp³-hybridized carbons (Fsp3) is 0.308. The zero-order valence-electron chi connectivity index (χ0n) is 9.13. The average Bonchev–Trinajstić information content (AvgIpc) is 2.30. The standard InChI is InChI=1S/C13H13ClO2/c1-16-13(15)10-12-7-4-6-11(9-12)5-2-3-8-14/h4,6-7,9H,3,8,10H2,1H3. The van der Waals surface area contributed by atoms with Crippen molar-refractivity contribution in [1.82, 2.24) is 0 Å². The summed E-state index contributed by atoms with van der Waals surface area (Å²) in [4.78, 5) is 11.1. The normalized spacial score (nSPS) is 9.12. The van der Waals surface area contributed by atoms with E-state index in [2.05, 4.69) is 16.6 Å². The summed E-state index contributed by atoms with van der Waals surface area (Å²) in [6.07, 6.45) is 0.949. The number of carbonyl (C=O) groups excluding carboxylic acids is 1. The second kappa shape index (κ2) is 6.92. The molecule has 2 nitrogen and oxygen atoms in total. The zero-order valence-corrected chi connectivity index (χ0v) is 9.88. The van der Waals surface area contributed by atoms with Gasteiger partial charge < -0.3 is 4.74 Å². The van der Waals surface area contributed by atoms with Gasteiger partial charge in [-0.2, -0.15) is 0 Å². The van der Waals surface area contributed by atoms with Gasteiger partial charge in [0.15, 0.2) is 0 Å². The number of alkyl halides is 1. The van der Waals surface area contributed by atoms with E-state index in [9.17, 15) is 4.79 Å². The van der Waals surface area contributed by atoms with Crippen molar-refractivity contribution in [1.29, 1.82) is 0 Å². The first-order chi connectivity index (χ1) is 7.76. The molecule has 84 valence electrons. The molecule has 0 atom stereocenters. The SMILES string of the molecule is COC(=O)Cc1cccc(C#CCCCl)c1. The lowest BCUT2D eigenvalue weighted by atomic mass is 10.1. The average molecular weight is 237 g/mol. The molecule has 0 aliphatic rings. The Morgan fingerprint density at radius 2 is 2.31 bits per heavy atom. The minimum Gasteiger partial charge on any atom is -0.469 e. The van der Waals surface area contributed by atoms with E-state index in [0.29, 0.717) is 12.3 Å². The van der Waals surface area contributed by atoms with E-state index in [1.54, 1.807) is 0 Å². The third-order valence-corrected chi connectivity index (χ3v) is 2.14. The van der Waals surface area contributed by atoms with E-state index in [-0.39, 0.29) is 12.4 Å². The maximum absolute atomic E-state index is 11.1. The lowest BCUT2D eigenvalue weighted by molar-refractivity contribution is -0.139. The van der Waals surface area contributed by atoms with Crippen LogP contribution in [0.1, 0.15) is 17.5 Å². The molecule has 3 heteroatoms. The number of ether oxygens (including phenoxy) is 1. The number of hydrogen-bond acceptors (Lipinski definition) is 2. The molecule has 0 amide bonds. The summed E-state index contributed by atoms with van der Waals surface area (Å²) in [5.41, 5.74) is 1.80. The Morgan fingerprint density at radius 1 is 1.50 bits per heavy atom. The Hall–Kier alpha value is -1.46. The summed E-state index contributed by atoms with van der Waals surface area (Å²) in [6, 6.07) is 7.55. The maximum atomic E-state index is 11.1. The number of rotatable bonds is 3. The number of esters is 1. The van der Waals surface area contributed by atoms with Crippen LogP contribution >= 0.6 is 11.6 Å². The van der Waals surface area contributed by atoms with Gasteiger partial charge >= 0.3 is 5.97 Å². The Morgan fingerprint density at radius 3 is 3.00 bits per heavy atom. The number of benzene rings is 1. The molecule has 0 unspecified atom stereocenters. The van der Waals surface area contributed by atoms with E-state index >= 15 is 0 Å². The lowest BCUT2D eigenvalue weighted by Gasteiger charge is -2.00. The fourth-order valence-corrected chi connectivity index (χ4v) is 1.30. The van der Waals surface area contributed by atoms with E-state index in [4.69, 9.17) is 11.6 Å². The molecule has 0 spiro atoms. The molecule has 0 bridgehead atoms. The molecule has 0 N–H and O–H groups in total. The van der Waals surface area contributed by atoms with Crippen molar-refractivity contribution in [2.75, 3.05) is 13.0 Å². The first-order valence-electron chi connectivity index (χ1n) is 4.97. The largest absolute Gasteiger partial charge is 0.469 e. The minimum atomic E-state index is -0.245. The highest BCUT2D eigenvalue weighted by Gasteiger charge is 2.02. The Bertz CT molecular complexity index is 415. The topological polar surface area (TPSA) is 26.3 Å². The summed E-state index contributed by atoms with van der Waals surface area (Å²) >= 11 is 5.52.